The van der Waals surface area contributed by atoms with E-state index in [1.54, 1.807) is 4.90 Å². The van der Waals surface area contributed by atoms with Gasteiger partial charge in [-0.2, -0.15) is 0 Å². The van der Waals surface area contributed by atoms with Gasteiger partial charge in [0.1, 0.15) is 0 Å². The van der Waals surface area contributed by atoms with Gasteiger partial charge in [0.05, 0.1) is 26.3 Å². The summed E-state index contributed by atoms with van der Waals surface area (Å²) in [4.78, 5) is 29.1. The third kappa shape index (κ3) is 5.52. The van der Waals surface area contributed by atoms with Crippen LogP contribution < -0.4 is 15.5 Å². The van der Waals surface area contributed by atoms with Crippen molar-refractivity contribution in [3.8, 4) is 0 Å². The molecule has 5 fully saturated rings. The molecule has 0 aromatic heterocycles. The van der Waals surface area contributed by atoms with Gasteiger partial charge in [-0.3, -0.25) is 14.5 Å². The molecule has 0 spiro atoms. The van der Waals surface area contributed by atoms with Gasteiger partial charge in [0.2, 0.25) is 11.8 Å². The minimum Gasteiger partial charge on any atom is -0.378 e. The van der Waals surface area contributed by atoms with E-state index in [4.69, 9.17) is 4.74 Å². The third-order valence-corrected chi connectivity index (χ3v) is 8.18. The van der Waals surface area contributed by atoms with Crippen molar-refractivity contribution < 1.29 is 14.3 Å². The molecule has 5 aliphatic rings. The molecule has 2 N–H and O–H groups in total. The molecule has 33 heavy (non-hydrogen) atoms. The first kappa shape index (κ1) is 22.7. The van der Waals surface area contributed by atoms with Crippen molar-refractivity contribution in [3.05, 3.63) is 24.3 Å². The summed E-state index contributed by atoms with van der Waals surface area (Å²) in [5, 5.41) is 6.15. The first-order valence-corrected chi connectivity index (χ1v) is 12.6. The van der Waals surface area contributed by atoms with Crippen LogP contribution in [0.25, 0.3) is 0 Å². The molecule has 1 aromatic rings. The smallest absolute Gasteiger partial charge is 0.238 e. The molecule has 0 unspecified atom stereocenters. The van der Waals surface area contributed by atoms with Gasteiger partial charge in [-0.1, -0.05) is 0 Å². The summed E-state index contributed by atoms with van der Waals surface area (Å²) in [6.07, 6.45) is 8.13. The van der Waals surface area contributed by atoms with E-state index in [1.807, 2.05) is 31.3 Å². The Bertz CT molecular complexity index is 814. The molecule has 0 radical (unpaired) electrons. The van der Waals surface area contributed by atoms with Crippen molar-refractivity contribution in [3.63, 3.8) is 0 Å². The number of morpholine rings is 1. The van der Waals surface area contributed by atoms with Crippen LogP contribution >= 0.6 is 0 Å². The number of likely N-dealkylation sites (N-methyl/N-ethyl adjacent to an activating group) is 1. The molecule has 1 saturated heterocycles. The standard InChI is InChI=1S/C26H38N4O3/c1-29(16-24(31)27-18-26-13-19-10-20(14-26)12-21(11-19)15-26)17-25(32)28-22-2-4-23(5-3-22)30-6-8-33-9-7-30/h2-5,19-21H,6-18H2,1H3,(H,27,31)(H,28,32). The van der Waals surface area contributed by atoms with Crippen LogP contribution in [0, 0.1) is 23.2 Å². The van der Waals surface area contributed by atoms with E-state index in [0.29, 0.717) is 5.41 Å². The van der Waals surface area contributed by atoms with Crippen LogP contribution in [-0.2, 0) is 14.3 Å². The van der Waals surface area contributed by atoms with Crippen LogP contribution in [0.1, 0.15) is 38.5 Å². The lowest BCUT2D eigenvalue weighted by Crippen LogP contribution is -2.52. The first-order valence-electron chi connectivity index (χ1n) is 12.6. The van der Waals surface area contributed by atoms with E-state index < -0.39 is 0 Å². The van der Waals surface area contributed by atoms with Crippen LogP contribution in [0.15, 0.2) is 24.3 Å². The van der Waals surface area contributed by atoms with Gasteiger partial charge in [-0.25, -0.2) is 0 Å². The molecule has 7 heteroatoms. The van der Waals surface area contributed by atoms with Crippen molar-refractivity contribution in [2.75, 3.05) is 63.2 Å². The second kappa shape index (κ2) is 9.63. The number of rotatable bonds is 8. The van der Waals surface area contributed by atoms with Crippen LogP contribution in [0.4, 0.5) is 11.4 Å². The Hall–Kier alpha value is -2.12. The SMILES string of the molecule is CN(CC(=O)NCC12CC3CC(CC(C3)C1)C2)CC(=O)Nc1ccc(N2CCOCC2)cc1. The molecule has 1 aromatic carbocycles. The predicted molar refractivity (Wildman–Crippen MR) is 129 cm³/mol. The van der Waals surface area contributed by atoms with E-state index in [-0.39, 0.29) is 24.9 Å². The average Bonchev–Trinajstić information content (AvgIpc) is 2.78. The molecule has 6 rings (SSSR count). The summed E-state index contributed by atoms with van der Waals surface area (Å²) in [6.45, 7) is 4.53. The van der Waals surface area contributed by atoms with Gasteiger partial charge in [-0.15, -0.1) is 0 Å². The lowest BCUT2D eigenvalue weighted by Gasteiger charge is -2.56. The van der Waals surface area contributed by atoms with Crippen molar-refractivity contribution in [2.45, 2.75) is 38.5 Å². The van der Waals surface area contributed by atoms with Gasteiger partial charge >= 0.3 is 0 Å². The minimum atomic E-state index is -0.106. The largest absolute Gasteiger partial charge is 0.378 e. The van der Waals surface area contributed by atoms with Gasteiger partial charge < -0.3 is 20.3 Å². The Morgan fingerprint density at radius 2 is 1.55 bits per heavy atom. The number of carbonyl (C=O) groups excluding carboxylic acids is 2. The summed E-state index contributed by atoms with van der Waals surface area (Å²) in [5.41, 5.74) is 2.26. The molecule has 180 valence electrons. The highest BCUT2D eigenvalue weighted by Gasteiger charge is 2.50. The lowest BCUT2D eigenvalue weighted by molar-refractivity contribution is -0.124. The van der Waals surface area contributed by atoms with Gasteiger partial charge in [0.15, 0.2) is 0 Å². The highest BCUT2D eigenvalue weighted by molar-refractivity contribution is 5.92. The van der Waals surface area contributed by atoms with E-state index in [1.165, 1.54) is 38.5 Å². The second-order valence-electron chi connectivity index (χ2n) is 11.1. The predicted octanol–water partition coefficient (Wildman–Crippen LogP) is 2.73. The van der Waals surface area contributed by atoms with Gasteiger partial charge in [-0.05, 0) is 93.0 Å². The molecule has 4 bridgehead atoms. The van der Waals surface area contributed by atoms with Crippen molar-refractivity contribution in [2.24, 2.45) is 23.2 Å². The van der Waals surface area contributed by atoms with E-state index >= 15 is 0 Å². The third-order valence-electron chi connectivity index (χ3n) is 8.18. The van der Waals surface area contributed by atoms with E-state index in [2.05, 4.69) is 15.5 Å². The summed E-state index contributed by atoms with van der Waals surface area (Å²) in [6, 6.07) is 7.92. The Balaban J connectivity index is 1.04. The van der Waals surface area contributed by atoms with Crippen LogP contribution in [0.2, 0.25) is 0 Å². The van der Waals surface area contributed by atoms with Crippen LogP contribution in [-0.4, -0.2) is 69.7 Å². The Labute approximate surface area is 197 Å². The topological polar surface area (TPSA) is 73.9 Å². The fourth-order valence-corrected chi connectivity index (χ4v) is 7.17. The number of anilines is 2. The minimum absolute atomic E-state index is 0.0240. The Kier molecular flexibility index (Phi) is 6.61. The first-order chi connectivity index (χ1) is 16.0. The van der Waals surface area contributed by atoms with Crippen molar-refractivity contribution in [1.29, 1.82) is 0 Å². The number of benzene rings is 1. The summed E-state index contributed by atoms with van der Waals surface area (Å²) in [7, 11) is 1.82. The number of amides is 2. The molecule has 4 aliphatic carbocycles. The summed E-state index contributed by atoms with van der Waals surface area (Å²) < 4.78 is 5.40. The molecule has 1 heterocycles. The number of hydrogen-bond donors (Lipinski definition) is 2. The fraction of sp³-hybridized carbons (Fsp3) is 0.692. The quantitative estimate of drug-likeness (QED) is 0.632. The fourth-order valence-electron chi connectivity index (χ4n) is 7.17. The maximum absolute atomic E-state index is 12.6. The summed E-state index contributed by atoms with van der Waals surface area (Å²) >= 11 is 0. The molecule has 4 saturated carbocycles. The van der Waals surface area contributed by atoms with Gasteiger partial charge in [0, 0.05) is 31.0 Å². The zero-order chi connectivity index (χ0) is 22.8. The molecule has 2 amide bonds. The molecule has 7 nitrogen and oxygen atoms in total. The van der Waals surface area contributed by atoms with Crippen LogP contribution in [0.5, 0.6) is 0 Å². The van der Waals surface area contributed by atoms with Gasteiger partial charge in [0.25, 0.3) is 0 Å². The highest BCUT2D eigenvalue weighted by atomic mass is 16.5. The number of nitrogens with one attached hydrogen (secondary N) is 2. The molecule has 0 atom stereocenters. The van der Waals surface area contributed by atoms with Crippen molar-refractivity contribution in [1.82, 2.24) is 10.2 Å². The molecular weight excluding hydrogens is 416 g/mol. The Morgan fingerprint density at radius 3 is 2.15 bits per heavy atom. The zero-order valence-electron chi connectivity index (χ0n) is 19.9. The summed E-state index contributed by atoms with van der Waals surface area (Å²) in [5.74, 6) is 2.59. The monoisotopic (exact) mass is 454 g/mol. The highest BCUT2D eigenvalue weighted by Crippen LogP contribution is 2.59. The zero-order valence-corrected chi connectivity index (χ0v) is 19.9. The number of carbonyl (C=O) groups is 2. The normalized spacial score (nSPS) is 30.5. The maximum Gasteiger partial charge on any atom is 0.238 e. The van der Waals surface area contributed by atoms with Crippen molar-refractivity contribution >= 4 is 23.2 Å². The lowest BCUT2D eigenvalue weighted by atomic mass is 9.49. The molecular formula is C26H38N4O3. The number of ether oxygens (including phenoxy) is 1. The number of nitrogens with zero attached hydrogens (tertiary/aromatic N) is 2. The van der Waals surface area contributed by atoms with Crippen LogP contribution in [0.3, 0.4) is 0 Å². The van der Waals surface area contributed by atoms with E-state index in [0.717, 1.165) is 62.0 Å². The second-order valence-corrected chi connectivity index (χ2v) is 11.1. The maximum atomic E-state index is 12.6. The van der Waals surface area contributed by atoms with E-state index in [9.17, 15) is 9.59 Å². The average molecular weight is 455 g/mol. The Morgan fingerprint density at radius 1 is 0.970 bits per heavy atom. The molecule has 1 aliphatic heterocycles. The number of hydrogen-bond acceptors (Lipinski definition) is 5.